The van der Waals surface area contributed by atoms with Gasteiger partial charge in [-0.1, -0.05) is 6.07 Å². The number of rotatable bonds is 3. The van der Waals surface area contributed by atoms with E-state index < -0.39 is 0 Å². The molecular formula is C13H19FN2O. The zero-order valence-corrected chi connectivity index (χ0v) is 10.3. The number of phenolic OH excluding ortho intramolecular Hbond substituents is 1. The van der Waals surface area contributed by atoms with Gasteiger partial charge in [0.05, 0.1) is 0 Å². The molecule has 1 aliphatic rings. The minimum Gasteiger partial charge on any atom is -0.508 e. The van der Waals surface area contributed by atoms with Crippen LogP contribution < -0.4 is 5.32 Å². The molecule has 1 heterocycles. The molecule has 3 nitrogen and oxygen atoms in total. The minimum absolute atomic E-state index is 0.0204. The van der Waals surface area contributed by atoms with Crippen molar-refractivity contribution in [2.75, 3.05) is 20.1 Å². The summed E-state index contributed by atoms with van der Waals surface area (Å²) in [4.78, 5) is 2.26. The van der Waals surface area contributed by atoms with E-state index in [1.807, 2.05) is 14.0 Å². The normalized spacial score (nSPS) is 22.9. The van der Waals surface area contributed by atoms with Gasteiger partial charge >= 0.3 is 0 Å². The molecule has 1 aromatic carbocycles. The first-order valence-electron chi connectivity index (χ1n) is 6.01. The summed E-state index contributed by atoms with van der Waals surface area (Å²) in [5.74, 6) is -0.349. The summed E-state index contributed by atoms with van der Waals surface area (Å²) in [5, 5.41) is 12.4. The predicted octanol–water partition coefficient (Wildman–Crippen LogP) is 1.89. The SMILES string of the molecule is CNC1CCN(C(C)c2ccc(O)cc2F)C1. The number of phenols is 1. The second kappa shape index (κ2) is 5.02. The van der Waals surface area contributed by atoms with Gasteiger partial charge in [0, 0.05) is 36.8 Å². The molecule has 2 N–H and O–H groups in total. The lowest BCUT2D eigenvalue weighted by atomic mass is 10.1. The van der Waals surface area contributed by atoms with E-state index in [-0.39, 0.29) is 17.6 Å². The first-order valence-corrected chi connectivity index (χ1v) is 6.01. The molecule has 0 spiro atoms. The van der Waals surface area contributed by atoms with Crippen molar-refractivity contribution in [1.29, 1.82) is 0 Å². The van der Waals surface area contributed by atoms with Crippen LogP contribution in [-0.2, 0) is 0 Å². The predicted molar refractivity (Wildman–Crippen MR) is 65.5 cm³/mol. The molecule has 2 rings (SSSR count). The third-order valence-corrected chi connectivity index (χ3v) is 3.61. The smallest absolute Gasteiger partial charge is 0.131 e. The molecule has 1 fully saturated rings. The van der Waals surface area contributed by atoms with Crippen LogP contribution in [0.1, 0.15) is 24.9 Å². The van der Waals surface area contributed by atoms with Crippen LogP contribution >= 0.6 is 0 Å². The maximum absolute atomic E-state index is 13.7. The second-order valence-corrected chi connectivity index (χ2v) is 4.65. The average molecular weight is 238 g/mol. The number of halogens is 1. The Kier molecular flexibility index (Phi) is 3.64. The fourth-order valence-electron chi connectivity index (χ4n) is 2.43. The highest BCUT2D eigenvalue weighted by Crippen LogP contribution is 2.28. The van der Waals surface area contributed by atoms with Crippen LogP contribution in [0, 0.1) is 5.82 Å². The molecule has 0 aromatic heterocycles. The molecule has 0 saturated carbocycles. The van der Waals surface area contributed by atoms with E-state index >= 15 is 0 Å². The van der Waals surface area contributed by atoms with Crippen LogP contribution in [0.15, 0.2) is 18.2 Å². The summed E-state index contributed by atoms with van der Waals surface area (Å²) in [6.45, 7) is 3.93. The Hall–Kier alpha value is -1.13. The van der Waals surface area contributed by atoms with Gasteiger partial charge in [-0.05, 0) is 26.5 Å². The van der Waals surface area contributed by atoms with E-state index in [0.29, 0.717) is 11.6 Å². The summed E-state index contributed by atoms with van der Waals surface area (Å²) in [6, 6.07) is 4.94. The fraction of sp³-hybridized carbons (Fsp3) is 0.538. The summed E-state index contributed by atoms with van der Waals surface area (Å²) in [5.41, 5.74) is 0.652. The van der Waals surface area contributed by atoms with Gasteiger partial charge in [0.2, 0.25) is 0 Å². The Morgan fingerprint density at radius 1 is 1.53 bits per heavy atom. The highest BCUT2D eigenvalue weighted by Gasteiger charge is 2.26. The topological polar surface area (TPSA) is 35.5 Å². The van der Waals surface area contributed by atoms with E-state index in [2.05, 4.69) is 10.2 Å². The van der Waals surface area contributed by atoms with Gasteiger partial charge in [-0.2, -0.15) is 0 Å². The molecule has 1 aromatic rings. The van der Waals surface area contributed by atoms with Crippen LogP contribution in [0.2, 0.25) is 0 Å². The summed E-state index contributed by atoms with van der Waals surface area (Å²) < 4.78 is 13.7. The third-order valence-electron chi connectivity index (χ3n) is 3.61. The summed E-state index contributed by atoms with van der Waals surface area (Å²) >= 11 is 0. The lowest BCUT2D eigenvalue weighted by Crippen LogP contribution is -2.31. The van der Waals surface area contributed by atoms with Crippen LogP contribution in [0.3, 0.4) is 0 Å². The van der Waals surface area contributed by atoms with E-state index in [9.17, 15) is 9.50 Å². The largest absolute Gasteiger partial charge is 0.508 e. The number of nitrogens with zero attached hydrogens (tertiary/aromatic N) is 1. The minimum atomic E-state index is -0.328. The van der Waals surface area contributed by atoms with Gasteiger partial charge < -0.3 is 10.4 Å². The Labute approximate surface area is 101 Å². The van der Waals surface area contributed by atoms with Gasteiger partial charge in [0.1, 0.15) is 11.6 Å². The van der Waals surface area contributed by atoms with Crippen molar-refractivity contribution >= 4 is 0 Å². The maximum atomic E-state index is 13.7. The number of nitrogens with one attached hydrogen (secondary N) is 1. The molecule has 2 unspecified atom stereocenters. The number of benzene rings is 1. The Morgan fingerprint density at radius 3 is 2.88 bits per heavy atom. The number of likely N-dealkylation sites (tertiary alicyclic amines) is 1. The van der Waals surface area contributed by atoms with Crippen LogP contribution in [-0.4, -0.2) is 36.2 Å². The number of likely N-dealkylation sites (N-methyl/N-ethyl adjacent to an activating group) is 1. The zero-order valence-electron chi connectivity index (χ0n) is 10.3. The van der Waals surface area contributed by atoms with Crippen LogP contribution in [0.4, 0.5) is 4.39 Å². The zero-order chi connectivity index (χ0) is 12.4. The number of aromatic hydroxyl groups is 1. The maximum Gasteiger partial charge on any atom is 0.131 e. The molecule has 94 valence electrons. The van der Waals surface area contributed by atoms with Crippen LogP contribution in [0.25, 0.3) is 0 Å². The Morgan fingerprint density at radius 2 is 2.29 bits per heavy atom. The van der Waals surface area contributed by atoms with Crippen LogP contribution in [0.5, 0.6) is 5.75 Å². The summed E-state index contributed by atoms with van der Waals surface area (Å²) in [7, 11) is 1.96. The van der Waals surface area contributed by atoms with Crippen molar-refractivity contribution < 1.29 is 9.50 Å². The van der Waals surface area contributed by atoms with E-state index in [4.69, 9.17) is 0 Å². The quantitative estimate of drug-likeness (QED) is 0.844. The summed E-state index contributed by atoms with van der Waals surface area (Å²) in [6.07, 6.45) is 1.10. The molecule has 17 heavy (non-hydrogen) atoms. The van der Waals surface area contributed by atoms with Crippen molar-refractivity contribution in [1.82, 2.24) is 10.2 Å². The molecule has 0 aliphatic carbocycles. The van der Waals surface area contributed by atoms with Gasteiger partial charge in [-0.25, -0.2) is 4.39 Å². The van der Waals surface area contributed by atoms with Crippen molar-refractivity contribution in [3.63, 3.8) is 0 Å². The average Bonchev–Trinajstić information content (AvgIpc) is 2.76. The monoisotopic (exact) mass is 238 g/mol. The molecule has 1 aliphatic heterocycles. The standard InChI is InChI=1S/C13H19FN2O/c1-9(16-6-5-10(8-16)15-2)12-4-3-11(17)7-13(12)14/h3-4,7,9-10,15,17H,5-6,8H2,1-2H3. The van der Waals surface area contributed by atoms with Gasteiger partial charge in [0.15, 0.2) is 0 Å². The van der Waals surface area contributed by atoms with Gasteiger partial charge in [-0.3, -0.25) is 4.90 Å². The Bertz CT molecular complexity index is 397. The molecular weight excluding hydrogens is 219 g/mol. The molecule has 0 amide bonds. The van der Waals surface area contributed by atoms with Gasteiger partial charge in [-0.15, -0.1) is 0 Å². The van der Waals surface area contributed by atoms with Crippen molar-refractivity contribution in [2.24, 2.45) is 0 Å². The number of hydrogen-bond donors (Lipinski definition) is 2. The first-order chi connectivity index (χ1) is 8.11. The molecule has 4 heteroatoms. The highest BCUT2D eigenvalue weighted by molar-refractivity contribution is 5.29. The lowest BCUT2D eigenvalue weighted by Gasteiger charge is -2.25. The van der Waals surface area contributed by atoms with E-state index in [1.54, 1.807) is 12.1 Å². The van der Waals surface area contributed by atoms with E-state index in [0.717, 1.165) is 19.5 Å². The molecule has 2 atom stereocenters. The third kappa shape index (κ3) is 2.58. The Balaban J connectivity index is 2.12. The first kappa shape index (κ1) is 12.3. The van der Waals surface area contributed by atoms with Crippen molar-refractivity contribution in [2.45, 2.75) is 25.4 Å². The van der Waals surface area contributed by atoms with Crippen molar-refractivity contribution in [3.05, 3.63) is 29.6 Å². The fourth-order valence-corrected chi connectivity index (χ4v) is 2.43. The second-order valence-electron chi connectivity index (χ2n) is 4.65. The molecule has 0 radical (unpaired) electrons. The van der Waals surface area contributed by atoms with Crippen molar-refractivity contribution in [3.8, 4) is 5.75 Å². The lowest BCUT2D eigenvalue weighted by molar-refractivity contribution is 0.251. The number of hydrogen-bond acceptors (Lipinski definition) is 3. The highest BCUT2D eigenvalue weighted by atomic mass is 19.1. The van der Waals surface area contributed by atoms with E-state index in [1.165, 1.54) is 6.07 Å². The van der Waals surface area contributed by atoms with Gasteiger partial charge in [0.25, 0.3) is 0 Å². The molecule has 0 bridgehead atoms. The molecule has 1 saturated heterocycles.